The Hall–Kier alpha value is -11.7. The van der Waals surface area contributed by atoms with Gasteiger partial charge in [0, 0.05) is 98.8 Å². The zero-order valence-corrected chi connectivity index (χ0v) is 76.6. The Balaban J connectivity index is 0.000000127. The average Bonchev–Trinajstić information content (AvgIpc) is 0.739. The first-order valence-corrected chi connectivity index (χ1v) is 43.9. The van der Waals surface area contributed by atoms with Crippen LogP contribution >= 0.6 is 123 Å². The maximum Gasteiger partial charge on any atom is 0.495 e. The molecule has 0 spiro atoms. The minimum Gasteiger partial charge on any atom is -0.423 e. The molecule has 0 saturated heterocycles. The molecule has 0 unspecified atom stereocenters. The molecule has 0 fully saturated rings. The molecule has 1 amide bonds. The smallest absolute Gasteiger partial charge is 0.423 e. The minimum absolute atomic E-state index is 0.0949. The molecule has 1 heterocycles. The van der Waals surface area contributed by atoms with E-state index in [4.69, 9.17) is 32.4 Å². The van der Waals surface area contributed by atoms with Crippen LogP contribution < -0.4 is 16.5 Å². The van der Waals surface area contributed by atoms with E-state index < -0.39 is 17.3 Å². The number of nitrogen functional groups attached to an aromatic ring is 1. The molecule has 18 aromatic carbocycles. The summed E-state index contributed by atoms with van der Waals surface area (Å²) in [4.78, 5) is 49.0. The summed E-state index contributed by atoms with van der Waals surface area (Å²) in [6.07, 6.45) is 0. The van der Waals surface area contributed by atoms with E-state index in [2.05, 4.69) is 287 Å². The lowest BCUT2D eigenvalue weighted by Crippen LogP contribution is -2.31. The standard InChI is InChI=1S/C23H15Br2NO.C23H13Br2N.C16H11NO2.C16H13N.C10H7Br.C7H3Br2ClO.C6H6BNO4/c24-17-12-16(13-18(25)14-17)23(27)26-22-11-4-3-9-21(22)20-10-5-7-15-6-1-2-8-19(15)20;24-16-11-15(12-17(25)13-16)23-20-10-9-14-5-1-2-6-18(14)22(20)19-7-3-4-8-21(19)26-23;18-17(19)16-11-4-3-9-15(16)14-10-5-7-12-6-1-2-8-13(12)14;17-16-11-4-3-9-15(16)14-10-5-7-12-6-1-2-8-13(12)14;11-10-7-3-5-8-4-1-2-6-9(8)10;8-5-1-4(7(10)11)2-6(9)3-5;9-7(10)5-3-1-2-4-6(5)8(11)12/h1-14H,(H,26,27);1-13H;1-11H;1-11H,17H2;1-7H;1-3H;1-4,9-10H. The second-order valence-electron chi connectivity index (χ2n) is 27.5. The molecule has 1 aromatic heterocycles. The number of nitro groups is 2. The number of halogens is 8. The largest absolute Gasteiger partial charge is 0.495 e. The van der Waals surface area contributed by atoms with Gasteiger partial charge in [-0.3, -0.25) is 29.8 Å². The molecule has 0 aliphatic heterocycles. The van der Waals surface area contributed by atoms with Gasteiger partial charge >= 0.3 is 7.12 Å². The molecule has 604 valence electrons. The maximum absolute atomic E-state index is 12.8. The first kappa shape index (κ1) is 89.1. The number of nitrogens with two attached hydrogens (primary N) is 1. The van der Waals surface area contributed by atoms with Crippen LogP contribution in [0, 0.1) is 20.2 Å². The van der Waals surface area contributed by atoms with Crippen molar-refractivity contribution in [2.75, 3.05) is 11.1 Å². The number of aromatic nitrogens is 1. The molecule has 0 radical (unpaired) electrons. The summed E-state index contributed by atoms with van der Waals surface area (Å²) < 4.78 is 6.59. The summed E-state index contributed by atoms with van der Waals surface area (Å²) >= 11 is 29.3. The highest BCUT2D eigenvalue weighted by Crippen LogP contribution is 2.41. The number of hydrogen-bond acceptors (Lipinski definition) is 10. The van der Waals surface area contributed by atoms with Crippen LogP contribution in [0.1, 0.15) is 20.7 Å². The van der Waals surface area contributed by atoms with E-state index in [-0.39, 0.29) is 27.7 Å². The number of anilines is 2. The first-order valence-electron chi connectivity index (χ1n) is 38.0. The van der Waals surface area contributed by atoms with Crippen molar-refractivity contribution in [3.8, 4) is 44.6 Å². The van der Waals surface area contributed by atoms with Gasteiger partial charge < -0.3 is 21.1 Å². The lowest BCUT2D eigenvalue weighted by molar-refractivity contribution is -0.384. The van der Waals surface area contributed by atoms with Gasteiger partial charge in [0.05, 0.1) is 32.1 Å². The van der Waals surface area contributed by atoms with Gasteiger partial charge in [-0.2, -0.15) is 0 Å². The summed E-state index contributed by atoms with van der Waals surface area (Å²) in [5.74, 6) is -0.148. The Kier molecular flexibility index (Phi) is 30.7. The van der Waals surface area contributed by atoms with Crippen molar-refractivity contribution in [3.63, 3.8) is 0 Å². The third-order valence-electron chi connectivity index (χ3n) is 19.6. The van der Waals surface area contributed by atoms with Crippen molar-refractivity contribution in [1.29, 1.82) is 0 Å². The van der Waals surface area contributed by atoms with Gasteiger partial charge in [0.15, 0.2) is 0 Å². The number of nitrogens with one attached hydrogen (secondary N) is 1. The molecule has 0 aliphatic carbocycles. The predicted molar refractivity (Wildman–Crippen MR) is 533 cm³/mol. The number of para-hydroxylation sites is 5. The first-order chi connectivity index (χ1) is 59.5. The van der Waals surface area contributed by atoms with E-state index in [1.54, 1.807) is 36.4 Å². The minimum atomic E-state index is -1.80. The number of amides is 1. The van der Waals surface area contributed by atoms with Crippen molar-refractivity contribution in [3.05, 3.63) is 445 Å². The zero-order chi connectivity index (χ0) is 86.6. The molecular formula is C101H68BBr7ClN5O8. The fourth-order valence-corrected chi connectivity index (χ4v) is 18.6. The monoisotopic (exact) mass is 2080 g/mol. The highest BCUT2D eigenvalue weighted by Gasteiger charge is 2.23. The Bertz CT molecular complexity index is 7060. The summed E-state index contributed by atoms with van der Waals surface area (Å²) in [5, 5.41) is 57.1. The molecule has 19 aromatic rings. The molecule has 5 N–H and O–H groups in total. The number of nitrogens with zero attached hydrogens (tertiary/aromatic N) is 3. The third kappa shape index (κ3) is 22.6. The fraction of sp³-hybridized carbons (Fsp3) is 0. The van der Waals surface area contributed by atoms with Crippen LogP contribution in [0.4, 0.5) is 22.7 Å². The van der Waals surface area contributed by atoms with Gasteiger partial charge in [0.25, 0.3) is 22.5 Å². The highest BCUT2D eigenvalue weighted by atomic mass is 79.9. The number of carbonyl (C=O) groups excluding carboxylic acids is 2. The molecular weight excluding hydrogens is 2020 g/mol. The zero-order valence-electron chi connectivity index (χ0n) is 64.7. The Morgan fingerprint density at radius 1 is 0.350 bits per heavy atom. The number of benzene rings is 18. The molecule has 0 saturated carbocycles. The summed E-state index contributed by atoms with van der Waals surface area (Å²) in [6.45, 7) is 0. The predicted octanol–water partition coefficient (Wildman–Crippen LogP) is 30.0. The normalized spacial score (nSPS) is 10.6. The highest BCUT2D eigenvalue weighted by molar-refractivity contribution is 9.12. The quantitative estimate of drug-likeness (QED) is 0.0254. The number of pyridine rings is 1. The van der Waals surface area contributed by atoms with E-state index in [1.165, 1.54) is 89.8 Å². The van der Waals surface area contributed by atoms with Crippen molar-refractivity contribution in [2.24, 2.45) is 0 Å². The van der Waals surface area contributed by atoms with Gasteiger partial charge in [-0.05, 0) is 167 Å². The Morgan fingerprint density at radius 3 is 1.21 bits per heavy atom. The summed E-state index contributed by atoms with van der Waals surface area (Å²) in [6, 6.07) is 124. The van der Waals surface area contributed by atoms with Crippen molar-refractivity contribution in [1.82, 2.24) is 4.98 Å². The summed E-state index contributed by atoms with van der Waals surface area (Å²) in [7, 11) is -1.80. The van der Waals surface area contributed by atoms with Crippen molar-refractivity contribution < 1.29 is 29.5 Å². The Morgan fingerprint density at radius 2 is 0.715 bits per heavy atom. The molecule has 0 bridgehead atoms. The van der Waals surface area contributed by atoms with Crippen molar-refractivity contribution in [2.45, 2.75) is 0 Å². The van der Waals surface area contributed by atoms with Gasteiger partial charge in [-0.15, -0.1) is 0 Å². The van der Waals surface area contributed by atoms with Crippen LogP contribution in [0.3, 0.4) is 0 Å². The van der Waals surface area contributed by atoms with Gasteiger partial charge in [-0.1, -0.05) is 397 Å². The molecule has 22 heteroatoms. The topological polar surface area (TPSA) is 212 Å². The number of fused-ring (bicyclic) bond motifs is 9. The average molecular weight is 2090 g/mol. The molecule has 123 heavy (non-hydrogen) atoms. The second kappa shape index (κ2) is 42.4. The van der Waals surface area contributed by atoms with E-state index in [0.29, 0.717) is 16.7 Å². The maximum atomic E-state index is 12.8. The lowest BCUT2D eigenvalue weighted by atomic mass is 9.79. The number of nitro benzene ring substituents is 2. The number of hydrogen-bond donors (Lipinski definition) is 4. The van der Waals surface area contributed by atoms with Crippen LogP contribution in [-0.4, -0.2) is 43.1 Å². The SMILES string of the molecule is Brc1cc(Br)cc(-c2nc3ccccc3c3c2ccc2ccccc23)c1.Brc1cccc2ccccc12.Nc1ccccc1-c1cccc2ccccc12.O=C(Cl)c1cc(Br)cc(Br)c1.O=C(Nc1ccccc1-c1cccc2ccccc12)c1cc(Br)cc(Br)c1.O=[N+]([O-])c1ccccc1-c1cccc2ccccc12.O=[N+]([O-])c1ccccc1B(O)O. The molecule has 13 nitrogen and oxygen atoms in total. The van der Waals surface area contributed by atoms with Crippen LogP contribution in [0.25, 0.3) is 120 Å². The van der Waals surface area contributed by atoms with Crippen molar-refractivity contribution >= 4 is 245 Å². The summed E-state index contributed by atoms with van der Waals surface area (Å²) in [5.41, 5.74) is 17.5. The van der Waals surface area contributed by atoms with Gasteiger partial charge in [-0.25, -0.2) is 4.98 Å². The van der Waals surface area contributed by atoms with Gasteiger partial charge in [0.1, 0.15) is 0 Å². The number of rotatable bonds is 10. The second-order valence-corrected chi connectivity index (χ2v) is 34.2. The lowest BCUT2D eigenvalue weighted by Gasteiger charge is -2.14. The molecule has 19 rings (SSSR count). The van der Waals surface area contributed by atoms with Gasteiger partial charge in [0.2, 0.25) is 0 Å². The fourth-order valence-electron chi connectivity index (χ4n) is 14.0. The van der Waals surface area contributed by atoms with E-state index in [0.717, 1.165) is 97.9 Å². The van der Waals surface area contributed by atoms with E-state index in [1.807, 2.05) is 146 Å². The van der Waals surface area contributed by atoms with Crippen LogP contribution in [0.2, 0.25) is 0 Å². The van der Waals surface area contributed by atoms with Crippen LogP contribution in [0.15, 0.2) is 413 Å². The van der Waals surface area contributed by atoms with Crippen LogP contribution in [0.5, 0.6) is 0 Å². The third-order valence-corrected chi connectivity index (χ3v) is 23.2. The van der Waals surface area contributed by atoms with E-state index in [9.17, 15) is 29.8 Å². The van der Waals surface area contributed by atoms with Crippen LogP contribution in [-0.2, 0) is 0 Å². The van der Waals surface area contributed by atoms with E-state index >= 15 is 0 Å². The number of carbonyl (C=O) groups is 2. The molecule has 0 aliphatic rings. The Labute approximate surface area is 772 Å². The molecule has 0 atom stereocenters.